The number of allylic oxidation sites excluding steroid dienone is 1. The van der Waals surface area contributed by atoms with Gasteiger partial charge in [-0.05, 0) is 29.3 Å². The van der Waals surface area contributed by atoms with E-state index < -0.39 is 0 Å². The zero-order valence-corrected chi connectivity index (χ0v) is 18.3. The Morgan fingerprint density at radius 2 is 1.68 bits per heavy atom. The molecule has 152 valence electrons. The molecule has 3 aliphatic rings. The lowest BCUT2D eigenvalue weighted by molar-refractivity contribution is -0.427. The smallest absolute Gasteiger partial charge is 0.204 e. The Hall–Kier alpha value is -3.33. The lowest BCUT2D eigenvalue weighted by atomic mass is 9.80. The molecule has 0 saturated carbocycles. The molecule has 2 atom stereocenters. The Labute approximate surface area is 181 Å². The molecule has 4 heterocycles. The molecule has 0 fully saturated rings. The number of nitrogens with zero attached hydrogens (tertiary/aromatic N) is 2. The van der Waals surface area contributed by atoms with Gasteiger partial charge in [-0.3, -0.25) is 0 Å². The van der Waals surface area contributed by atoms with E-state index in [9.17, 15) is 0 Å². The molecule has 0 saturated heterocycles. The summed E-state index contributed by atoms with van der Waals surface area (Å²) in [6.07, 6.45) is 4.48. The second-order valence-electron chi connectivity index (χ2n) is 9.42. The molecule has 3 heteroatoms. The van der Waals surface area contributed by atoms with Gasteiger partial charge >= 0.3 is 0 Å². The highest BCUT2D eigenvalue weighted by Gasteiger charge is 2.51. The van der Waals surface area contributed by atoms with E-state index in [1.807, 2.05) is 0 Å². The third-order valence-corrected chi connectivity index (χ3v) is 7.42. The van der Waals surface area contributed by atoms with E-state index in [1.54, 1.807) is 0 Å². The predicted molar refractivity (Wildman–Crippen MR) is 128 cm³/mol. The first kappa shape index (κ1) is 17.4. The first-order valence-corrected chi connectivity index (χ1v) is 11.2. The van der Waals surface area contributed by atoms with Gasteiger partial charge in [0.25, 0.3) is 0 Å². The summed E-state index contributed by atoms with van der Waals surface area (Å²) in [7, 11) is 2.19. The summed E-state index contributed by atoms with van der Waals surface area (Å²) < 4.78 is 11.5. The van der Waals surface area contributed by atoms with Crippen LogP contribution in [0.25, 0.3) is 38.3 Å². The normalized spacial score (nSPS) is 21.7. The molecule has 3 aliphatic heterocycles. The standard InChI is InChI=1S/C28H25N2O/c1-15(2)28-27-24-21(31-28)13-14-29(4)25(24)22-16(3)17-9-5-6-10-18(17)23-19-11-7-8-12-20(19)30(27)26(22)23/h5-15,21,24H,1-4H3/q+1. The summed E-state index contributed by atoms with van der Waals surface area (Å²) in [6, 6.07) is 17.8. The zero-order valence-electron chi connectivity index (χ0n) is 18.3. The van der Waals surface area contributed by atoms with Crippen LogP contribution in [0.3, 0.4) is 0 Å². The number of para-hydroxylation sites is 1. The average Bonchev–Trinajstić information content (AvgIpc) is 3.32. The van der Waals surface area contributed by atoms with Crippen LogP contribution in [0.4, 0.5) is 0 Å². The molecular formula is C28H25N2O+. The Kier molecular flexibility index (Phi) is 3.18. The van der Waals surface area contributed by atoms with Crippen LogP contribution >= 0.6 is 0 Å². The van der Waals surface area contributed by atoms with Crippen molar-refractivity contribution in [1.29, 1.82) is 0 Å². The second-order valence-corrected chi connectivity index (χ2v) is 9.42. The molecule has 0 spiro atoms. The van der Waals surface area contributed by atoms with Crippen LogP contribution in [0, 0.1) is 18.8 Å². The van der Waals surface area contributed by atoms with Crippen LogP contribution in [0.15, 0.2) is 66.6 Å². The molecular weight excluding hydrogens is 380 g/mol. The SMILES string of the molecule is Cc1c2c3c(c4ccccc14)c1ccccc1n3C1=C(C(C)C)OC3C=C[N+](C)=C2C13. The first-order chi connectivity index (χ1) is 15.1. The highest BCUT2D eigenvalue weighted by Crippen LogP contribution is 2.52. The van der Waals surface area contributed by atoms with Crippen LogP contribution in [-0.4, -0.2) is 28.0 Å². The molecule has 0 bridgehead atoms. The number of benzene rings is 3. The number of rotatable bonds is 1. The van der Waals surface area contributed by atoms with Gasteiger partial charge in [-0.15, -0.1) is 0 Å². The van der Waals surface area contributed by atoms with Crippen LogP contribution in [0.1, 0.15) is 25.0 Å². The first-order valence-electron chi connectivity index (χ1n) is 11.2. The highest BCUT2D eigenvalue weighted by atomic mass is 16.5. The average molecular weight is 406 g/mol. The molecule has 0 radical (unpaired) electrons. The Morgan fingerprint density at radius 3 is 2.45 bits per heavy atom. The fourth-order valence-electron chi connectivity index (χ4n) is 6.20. The van der Waals surface area contributed by atoms with E-state index in [0.717, 1.165) is 5.76 Å². The van der Waals surface area contributed by atoms with Crippen molar-refractivity contribution >= 4 is 44.0 Å². The number of aromatic nitrogens is 1. The van der Waals surface area contributed by atoms with Crippen LogP contribution in [0.2, 0.25) is 0 Å². The monoisotopic (exact) mass is 405 g/mol. The van der Waals surface area contributed by atoms with Crippen molar-refractivity contribution in [2.24, 2.45) is 11.8 Å². The van der Waals surface area contributed by atoms with E-state index in [-0.39, 0.29) is 12.0 Å². The molecule has 0 aliphatic carbocycles. The molecule has 3 nitrogen and oxygen atoms in total. The maximum absolute atomic E-state index is 6.63. The number of hydrogen-bond acceptors (Lipinski definition) is 1. The van der Waals surface area contributed by atoms with E-state index in [1.165, 1.54) is 55.1 Å². The largest absolute Gasteiger partial charge is 0.487 e. The quantitative estimate of drug-likeness (QED) is 0.351. The van der Waals surface area contributed by atoms with E-state index in [0.29, 0.717) is 5.92 Å². The van der Waals surface area contributed by atoms with Crippen molar-refractivity contribution in [2.45, 2.75) is 26.9 Å². The summed E-state index contributed by atoms with van der Waals surface area (Å²) in [6.45, 7) is 6.79. The predicted octanol–water partition coefficient (Wildman–Crippen LogP) is 6.07. The minimum atomic E-state index is 0.0637. The molecule has 31 heavy (non-hydrogen) atoms. The lowest BCUT2D eigenvalue weighted by Crippen LogP contribution is -2.38. The number of aryl methyl sites for hydroxylation is 1. The molecule has 3 aromatic carbocycles. The lowest BCUT2D eigenvalue weighted by Gasteiger charge is -2.29. The van der Waals surface area contributed by atoms with Crippen molar-refractivity contribution in [3.63, 3.8) is 0 Å². The minimum absolute atomic E-state index is 0.0637. The van der Waals surface area contributed by atoms with Gasteiger partial charge in [-0.2, -0.15) is 0 Å². The summed E-state index contributed by atoms with van der Waals surface area (Å²) in [5.41, 5.74) is 8.07. The number of fused-ring (bicyclic) bond motifs is 7. The molecule has 0 N–H and O–H groups in total. The molecule has 1 aromatic heterocycles. The Morgan fingerprint density at radius 1 is 0.968 bits per heavy atom. The van der Waals surface area contributed by atoms with E-state index in [4.69, 9.17) is 4.74 Å². The fourth-order valence-corrected chi connectivity index (χ4v) is 6.20. The van der Waals surface area contributed by atoms with Gasteiger partial charge in [0.2, 0.25) is 5.71 Å². The van der Waals surface area contributed by atoms with Crippen molar-refractivity contribution < 1.29 is 9.31 Å². The van der Waals surface area contributed by atoms with Crippen molar-refractivity contribution in [2.75, 3.05) is 7.05 Å². The van der Waals surface area contributed by atoms with E-state index >= 15 is 0 Å². The summed E-state index contributed by atoms with van der Waals surface area (Å²) in [5, 5.41) is 5.36. The zero-order chi connectivity index (χ0) is 21.0. The molecule has 7 rings (SSSR count). The molecule has 2 unspecified atom stereocenters. The van der Waals surface area contributed by atoms with Gasteiger partial charge < -0.3 is 9.30 Å². The molecule has 4 aromatic rings. The van der Waals surface area contributed by atoms with Crippen molar-refractivity contribution in [1.82, 2.24) is 4.57 Å². The third kappa shape index (κ3) is 1.93. The summed E-state index contributed by atoms with van der Waals surface area (Å²) in [4.78, 5) is 0. The summed E-state index contributed by atoms with van der Waals surface area (Å²) in [5.74, 6) is 1.69. The van der Waals surface area contributed by atoms with Gasteiger partial charge in [0.15, 0.2) is 6.20 Å². The molecule has 0 amide bonds. The van der Waals surface area contributed by atoms with E-state index in [2.05, 4.69) is 97.8 Å². The van der Waals surface area contributed by atoms with Crippen LogP contribution < -0.4 is 0 Å². The van der Waals surface area contributed by atoms with Crippen molar-refractivity contribution in [3.8, 4) is 0 Å². The van der Waals surface area contributed by atoms with Crippen LogP contribution in [-0.2, 0) is 4.74 Å². The second kappa shape index (κ2) is 5.67. The maximum Gasteiger partial charge on any atom is 0.204 e. The van der Waals surface area contributed by atoms with Crippen LogP contribution in [0.5, 0.6) is 0 Å². The van der Waals surface area contributed by atoms with Gasteiger partial charge in [0.05, 0.1) is 22.3 Å². The third-order valence-electron chi connectivity index (χ3n) is 7.42. The van der Waals surface area contributed by atoms with Gasteiger partial charge in [-0.25, -0.2) is 4.58 Å². The number of hydrogen-bond donors (Lipinski definition) is 0. The minimum Gasteiger partial charge on any atom is -0.487 e. The van der Waals surface area contributed by atoms with Gasteiger partial charge in [0, 0.05) is 22.8 Å². The topological polar surface area (TPSA) is 17.2 Å². The van der Waals surface area contributed by atoms with Gasteiger partial charge in [-0.1, -0.05) is 56.3 Å². The van der Waals surface area contributed by atoms with Gasteiger partial charge in [0.1, 0.15) is 24.8 Å². The maximum atomic E-state index is 6.63. The highest BCUT2D eigenvalue weighted by molar-refractivity contribution is 6.31. The summed E-state index contributed by atoms with van der Waals surface area (Å²) >= 11 is 0. The van der Waals surface area contributed by atoms with Crippen molar-refractivity contribution in [3.05, 3.63) is 77.7 Å². The number of ether oxygens (including phenoxy) is 1. The Balaban J connectivity index is 1.84. The Bertz CT molecular complexity index is 1560. The fraction of sp³-hybridized carbons (Fsp3) is 0.250.